The first-order chi connectivity index (χ1) is 10.6. The Morgan fingerprint density at radius 3 is 2.77 bits per heavy atom. The zero-order valence-corrected chi connectivity index (χ0v) is 12.8. The predicted octanol–water partition coefficient (Wildman–Crippen LogP) is 2.74. The normalized spacial score (nSPS) is 10.3. The number of carbonyl (C=O) groups is 1. The van der Waals surface area contributed by atoms with Crippen molar-refractivity contribution in [2.45, 2.75) is 13.5 Å². The van der Waals surface area contributed by atoms with E-state index in [2.05, 4.69) is 5.32 Å². The molecule has 2 aromatic rings. The molecule has 0 saturated heterocycles. The van der Waals surface area contributed by atoms with E-state index in [1.807, 2.05) is 37.3 Å². The molecule has 0 bridgehead atoms. The Bertz CT molecular complexity index is 656. The number of anilines is 2. The molecule has 0 saturated carbocycles. The number of ether oxygens (including phenoxy) is 2. The lowest BCUT2D eigenvalue weighted by molar-refractivity contribution is -0.121. The highest BCUT2D eigenvalue weighted by Gasteiger charge is 2.05. The van der Waals surface area contributed by atoms with Gasteiger partial charge in [0, 0.05) is 11.4 Å². The molecule has 0 unspecified atom stereocenters. The Morgan fingerprint density at radius 2 is 2.05 bits per heavy atom. The fraction of sp³-hybridized carbons (Fsp3) is 0.235. The molecular weight excluding hydrogens is 280 g/mol. The SMILES string of the molecule is COc1cccc(COCC(=O)Nc2ccc(N)cc2C)c1. The van der Waals surface area contributed by atoms with Gasteiger partial charge in [-0.05, 0) is 48.4 Å². The Kier molecular flexibility index (Phi) is 5.38. The van der Waals surface area contributed by atoms with Crippen LogP contribution in [0.25, 0.3) is 0 Å². The first-order valence-electron chi connectivity index (χ1n) is 6.95. The largest absolute Gasteiger partial charge is 0.497 e. The summed E-state index contributed by atoms with van der Waals surface area (Å²) < 4.78 is 10.6. The number of amides is 1. The molecular formula is C17H20N2O3. The maximum Gasteiger partial charge on any atom is 0.250 e. The van der Waals surface area contributed by atoms with E-state index in [4.69, 9.17) is 15.2 Å². The molecule has 3 N–H and O–H groups in total. The van der Waals surface area contributed by atoms with Gasteiger partial charge in [-0.15, -0.1) is 0 Å². The summed E-state index contributed by atoms with van der Waals surface area (Å²) in [7, 11) is 1.61. The van der Waals surface area contributed by atoms with Gasteiger partial charge >= 0.3 is 0 Å². The van der Waals surface area contributed by atoms with Crippen molar-refractivity contribution in [1.29, 1.82) is 0 Å². The highest BCUT2D eigenvalue weighted by atomic mass is 16.5. The molecule has 22 heavy (non-hydrogen) atoms. The van der Waals surface area contributed by atoms with Gasteiger partial charge in [0.2, 0.25) is 5.91 Å². The summed E-state index contributed by atoms with van der Waals surface area (Å²) in [6, 6.07) is 12.9. The third-order valence-electron chi connectivity index (χ3n) is 3.16. The maximum absolute atomic E-state index is 11.9. The minimum absolute atomic E-state index is 0.0129. The second-order valence-corrected chi connectivity index (χ2v) is 4.97. The van der Waals surface area contributed by atoms with E-state index >= 15 is 0 Å². The average molecular weight is 300 g/mol. The van der Waals surface area contributed by atoms with Gasteiger partial charge in [-0.25, -0.2) is 0 Å². The van der Waals surface area contributed by atoms with E-state index in [-0.39, 0.29) is 12.5 Å². The molecule has 2 aromatic carbocycles. The molecule has 0 heterocycles. The van der Waals surface area contributed by atoms with Crippen LogP contribution in [0.15, 0.2) is 42.5 Å². The Morgan fingerprint density at radius 1 is 1.23 bits per heavy atom. The third-order valence-corrected chi connectivity index (χ3v) is 3.16. The number of carbonyl (C=O) groups excluding carboxylic acids is 1. The number of rotatable bonds is 6. The molecule has 0 spiro atoms. The van der Waals surface area contributed by atoms with Crippen LogP contribution >= 0.6 is 0 Å². The number of hydrogen-bond acceptors (Lipinski definition) is 4. The van der Waals surface area contributed by atoms with Gasteiger partial charge < -0.3 is 20.5 Å². The Balaban J connectivity index is 1.82. The molecule has 0 radical (unpaired) electrons. The maximum atomic E-state index is 11.9. The van der Waals surface area contributed by atoms with E-state index in [1.165, 1.54) is 0 Å². The zero-order chi connectivity index (χ0) is 15.9. The van der Waals surface area contributed by atoms with Gasteiger partial charge in [0.1, 0.15) is 12.4 Å². The number of nitrogens with one attached hydrogen (secondary N) is 1. The third kappa shape index (κ3) is 4.49. The van der Waals surface area contributed by atoms with Crippen LogP contribution < -0.4 is 15.8 Å². The number of hydrogen-bond donors (Lipinski definition) is 2. The van der Waals surface area contributed by atoms with Gasteiger partial charge in [0.15, 0.2) is 0 Å². The molecule has 5 nitrogen and oxygen atoms in total. The number of methoxy groups -OCH3 is 1. The van der Waals surface area contributed by atoms with Crippen LogP contribution in [0.4, 0.5) is 11.4 Å². The van der Waals surface area contributed by atoms with Crippen molar-refractivity contribution in [3.8, 4) is 5.75 Å². The number of nitrogens with two attached hydrogens (primary N) is 1. The predicted molar refractivity (Wildman–Crippen MR) is 86.9 cm³/mol. The van der Waals surface area contributed by atoms with E-state index in [1.54, 1.807) is 19.2 Å². The Labute approximate surface area is 130 Å². The molecule has 1 amide bonds. The summed E-state index contributed by atoms with van der Waals surface area (Å²) in [6.07, 6.45) is 0. The van der Waals surface area contributed by atoms with Crippen LogP contribution in [0.2, 0.25) is 0 Å². The highest BCUT2D eigenvalue weighted by molar-refractivity contribution is 5.92. The van der Waals surface area contributed by atoms with Crippen molar-refractivity contribution in [1.82, 2.24) is 0 Å². The van der Waals surface area contributed by atoms with Gasteiger partial charge in [-0.1, -0.05) is 12.1 Å². The number of benzene rings is 2. The molecule has 0 aliphatic carbocycles. The summed E-state index contributed by atoms with van der Waals surface area (Å²) in [6.45, 7) is 2.23. The van der Waals surface area contributed by atoms with Crippen LogP contribution in [0.3, 0.4) is 0 Å². The molecule has 5 heteroatoms. The molecule has 0 aromatic heterocycles. The topological polar surface area (TPSA) is 73.6 Å². The van der Waals surface area contributed by atoms with Gasteiger partial charge in [-0.2, -0.15) is 0 Å². The van der Waals surface area contributed by atoms with Gasteiger partial charge in [-0.3, -0.25) is 4.79 Å². The van der Waals surface area contributed by atoms with Crippen LogP contribution in [-0.2, 0) is 16.1 Å². The smallest absolute Gasteiger partial charge is 0.250 e. The van der Waals surface area contributed by atoms with Gasteiger partial charge in [0.25, 0.3) is 0 Å². The van der Waals surface area contributed by atoms with Crippen LogP contribution in [0.5, 0.6) is 5.75 Å². The summed E-state index contributed by atoms with van der Waals surface area (Å²) in [4.78, 5) is 11.9. The van der Waals surface area contributed by atoms with Crippen LogP contribution in [0, 0.1) is 6.92 Å². The number of nitrogen functional groups attached to an aromatic ring is 1. The molecule has 0 fully saturated rings. The fourth-order valence-corrected chi connectivity index (χ4v) is 2.04. The summed E-state index contributed by atoms with van der Waals surface area (Å²) in [5, 5.41) is 2.80. The number of aryl methyl sites for hydroxylation is 1. The van der Waals surface area contributed by atoms with Crippen LogP contribution in [0.1, 0.15) is 11.1 Å². The molecule has 0 atom stereocenters. The Hall–Kier alpha value is -2.53. The summed E-state index contributed by atoms with van der Waals surface area (Å²) in [5.74, 6) is 0.568. The average Bonchev–Trinajstić information content (AvgIpc) is 2.50. The van der Waals surface area contributed by atoms with Crippen molar-refractivity contribution in [3.05, 3.63) is 53.6 Å². The lowest BCUT2D eigenvalue weighted by Gasteiger charge is -2.10. The molecule has 2 rings (SSSR count). The first-order valence-corrected chi connectivity index (χ1v) is 6.95. The highest BCUT2D eigenvalue weighted by Crippen LogP contribution is 2.17. The van der Waals surface area contributed by atoms with Crippen molar-refractivity contribution in [2.24, 2.45) is 0 Å². The zero-order valence-electron chi connectivity index (χ0n) is 12.8. The lowest BCUT2D eigenvalue weighted by atomic mass is 10.2. The van der Waals surface area contributed by atoms with E-state index in [0.29, 0.717) is 12.3 Å². The quantitative estimate of drug-likeness (QED) is 0.805. The van der Waals surface area contributed by atoms with E-state index in [9.17, 15) is 4.79 Å². The fourth-order valence-electron chi connectivity index (χ4n) is 2.04. The monoisotopic (exact) mass is 300 g/mol. The van der Waals surface area contributed by atoms with E-state index in [0.717, 1.165) is 22.6 Å². The minimum atomic E-state index is -0.198. The molecule has 0 aliphatic heterocycles. The second-order valence-electron chi connectivity index (χ2n) is 4.97. The summed E-state index contributed by atoms with van der Waals surface area (Å²) in [5.41, 5.74) is 8.96. The lowest BCUT2D eigenvalue weighted by Crippen LogP contribution is -2.18. The van der Waals surface area contributed by atoms with Crippen molar-refractivity contribution in [3.63, 3.8) is 0 Å². The van der Waals surface area contributed by atoms with Gasteiger partial charge in [0.05, 0.1) is 13.7 Å². The van der Waals surface area contributed by atoms with E-state index < -0.39 is 0 Å². The summed E-state index contributed by atoms with van der Waals surface area (Å²) >= 11 is 0. The second kappa shape index (κ2) is 7.47. The minimum Gasteiger partial charge on any atom is -0.497 e. The van der Waals surface area contributed by atoms with Crippen LogP contribution in [-0.4, -0.2) is 19.6 Å². The molecule has 0 aliphatic rings. The molecule has 116 valence electrons. The van der Waals surface area contributed by atoms with Crippen molar-refractivity contribution >= 4 is 17.3 Å². The van der Waals surface area contributed by atoms with Crippen molar-refractivity contribution < 1.29 is 14.3 Å². The van der Waals surface area contributed by atoms with Crippen molar-refractivity contribution in [2.75, 3.05) is 24.8 Å². The first kappa shape index (κ1) is 15.9. The standard InChI is InChI=1S/C17H20N2O3/c1-12-8-14(18)6-7-16(12)19-17(20)11-22-10-13-4-3-5-15(9-13)21-2/h3-9H,10-11,18H2,1-2H3,(H,19,20).